The van der Waals surface area contributed by atoms with Gasteiger partial charge in [0.25, 0.3) is 0 Å². The summed E-state index contributed by atoms with van der Waals surface area (Å²) in [5, 5.41) is 0.737. The van der Waals surface area contributed by atoms with Gasteiger partial charge in [-0.05, 0) is 10.5 Å². The van der Waals surface area contributed by atoms with Crippen molar-refractivity contribution in [2.24, 2.45) is 0 Å². The van der Waals surface area contributed by atoms with E-state index in [9.17, 15) is 13.2 Å². The van der Waals surface area contributed by atoms with Crippen molar-refractivity contribution in [3.63, 3.8) is 0 Å². The van der Waals surface area contributed by atoms with Crippen LogP contribution in [-0.2, 0) is 6.18 Å². The topological polar surface area (TPSA) is 12.9 Å². The standard InChI is InChI=1S/C10H4ClF3N.Li/c11-7-2-1-3-8-6(7)4-5-9(15-8)10(12,13)14;/h1-3,5H;/q-1;+1. The Morgan fingerprint density at radius 1 is 1.25 bits per heavy atom. The van der Waals surface area contributed by atoms with Gasteiger partial charge >= 0.3 is 25.0 Å². The van der Waals surface area contributed by atoms with Crippen LogP contribution in [0, 0.1) is 6.07 Å². The van der Waals surface area contributed by atoms with E-state index >= 15 is 0 Å². The van der Waals surface area contributed by atoms with Crippen LogP contribution in [0.25, 0.3) is 10.9 Å². The van der Waals surface area contributed by atoms with Gasteiger partial charge in [-0.15, -0.1) is 29.1 Å². The van der Waals surface area contributed by atoms with E-state index in [0.717, 1.165) is 6.07 Å². The van der Waals surface area contributed by atoms with Crippen molar-refractivity contribution >= 4 is 22.5 Å². The summed E-state index contributed by atoms with van der Waals surface area (Å²) in [6.07, 6.45) is -4.45. The Kier molecular flexibility index (Phi) is 3.90. The largest absolute Gasteiger partial charge is 1.00 e. The molecule has 6 heteroatoms. The Morgan fingerprint density at radius 2 is 1.94 bits per heavy atom. The van der Waals surface area contributed by atoms with Crippen LogP contribution in [0.1, 0.15) is 5.69 Å². The van der Waals surface area contributed by atoms with Crippen LogP contribution in [0.5, 0.6) is 0 Å². The minimum atomic E-state index is -4.45. The SMILES string of the molecule is FC(F)(F)c1c[c-]c2c(Cl)cccc2n1.[Li+]. The van der Waals surface area contributed by atoms with Gasteiger partial charge in [-0.25, -0.2) is 0 Å². The summed E-state index contributed by atoms with van der Waals surface area (Å²) >= 11 is 5.77. The molecule has 0 spiro atoms. The maximum atomic E-state index is 12.3. The molecule has 0 aliphatic rings. The molecule has 2 rings (SSSR count). The van der Waals surface area contributed by atoms with Crippen molar-refractivity contribution in [1.29, 1.82) is 0 Å². The van der Waals surface area contributed by atoms with Crippen molar-refractivity contribution in [2.75, 3.05) is 0 Å². The third-order valence-electron chi connectivity index (χ3n) is 1.88. The van der Waals surface area contributed by atoms with E-state index in [1.165, 1.54) is 6.07 Å². The number of benzene rings is 1. The molecule has 0 saturated heterocycles. The third-order valence-corrected chi connectivity index (χ3v) is 2.19. The average Bonchev–Trinajstić information content (AvgIpc) is 2.16. The average molecular weight is 238 g/mol. The van der Waals surface area contributed by atoms with E-state index in [0.29, 0.717) is 10.4 Å². The molecular weight excluding hydrogens is 234 g/mol. The molecule has 1 aromatic carbocycles. The summed E-state index contributed by atoms with van der Waals surface area (Å²) in [5.41, 5.74) is -0.769. The first-order valence-corrected chi connectivity index (χ1v) is 4.40. The van der Waals surface area contributed by atoms with Gasteiger partial charge in [-0.3, -0.25) is 0 Å². The van der Waals surface area contributed by atoms with E-state index in [4.69, 9.17) is 11.6 Å². The normalized spacial score (nSPS) is 11.2. The van der Waals surface area contributed by atoms with Crippen LogP contribution in [0.2, 0.25) is 5.02 Å². The number of hydrogen-bond acceptors (Lipinski definition) is 1. The first kappa shape index (κ1) is 13.4. The van der Waals surface area contributed by atoms with Crippen LogP contribution in [0.3, 0.4) is 0 Å². The maximum Gasteiger partial charge on any atom is 1.00 e. The maximum absolute atomic E-state index is 12.3. The van der Waals surface area contributed by atoms with Crippen molar-refractivity contribution in [3.8, 4) is 0 Å². The second kappa shape index (κ2) is 4.66. The molecule has 2 aromatic rings. The van der Waals surface area contributed by atoms with Crippen molar-refractivity contribution < 1.29 is 32.0 Å². The third kappa shape index (κ3) is 2.52. The van der Waals surface area contributed by atoms with Crippen LogP contribution < -0.4 is 18.9 Å². The molecular formula is C10H4ClF3LiN. The predicted octanol–water partition coefficient (Wildman–Crippen LogP) is 0.711. The number of aromatic nitrogens is 1. The van der Waals surface area contributed by atoms with E-state index < -0.39 is 11.9 Å². The zero-order valence-electron chi connectivity index (χ0n) is 8.27. The monoisotopic (exact) mass is 237 g/mol. The Labute approximate surface area is 107 Å². The second-order valence-corrected chi connectivity index (χ2v) is 3.32. The smallest absolute Gasteiger partial charge is 0.340 e. The molecule has 0 aliphatic heterocycles. The molecule has 0 unspecified atom stereocenters. The summed E-state index contributed by atoms with van der Waals surface area (Å²) in [4.78, 5) is 3.47. The first-order valence-electron chi connectivity index (χ1n) is 4.02. The number of pyridine rings is 1. The fourth-order valence-corrected chi connectivity index (χ4v) is 1.42. The Balaban J connectivity index is 0.00000128. The molecule has 0 atom stereocenters. The minimum absolute atomic E-state index is 0. The van der Waals surface area contributed by atoms with Gasteiger partial charge in [0.05, 0.1) is 5.69 Å². The molecule has 0 aliphatic carbocycles. The van der Waals surface area contributed by atoms with Gasteiger partial charge in [0.2, 0.25) is 0 Å². The van der Waals surface area contributed by atoms with Gasteiger partial charge in [-0.2, -0.15) is 13.2 Å². The summed E-state index contributed by atoms with van der Waals surface area (Å²) in [7, 11) is 0. The molecule has 0 saturated carbocycles. The number of alkyl halides is 3. The summed E-state index contributed by atoms with van der Waals surface area (Å²) in [6, 6.07) is 7.87. The zero-order valence-corrected chi connectivity index (χ0v) is 9.02. The fraction of sp³-hybridized carbons (Fsp3) is 0.100. The number of rotatable bonds is 0. The second-order valence-electron chi connectivity index (χ2n) is 2.92. The summed E-state index contributed by atoms with van der Waals surface area (Å²) in [6.45, 7) is 0. The quantitative estimate of drug-likeness (QED) is 0.486. The van der Waals surface area contributed by atoms with E-state index in [1.807, 2.05) is 0 Å². The summed E-state index contributed by atoms with van der Waals surface area (Å²) in [5.74, 6) is 0. The van der Waals surface area contributed by atoms with Crippen LogP contribution in [0.4, 0.5) is 13.2 Å². The van der Waals surface area contributed by atoms with Crippen molar-refractivity contribution in [2.45, 2.75) is 6.18 Å². The van der Waals surface area contributed by atoms with E-state index in [-0.39, 0.29) is 24.4 Å². The number of nitrogens with zero attached hydrogens (tertiary/aromatic N) is 1. The van der Waals surface area contributed by atoms with Gasteiger partial charge in [0, 0.05) is 0 Å². The predicted molar refractivity (Wildman–Crippen MR) is 50.6 cm³/mol. The fourth-order valence-electron chi connectivity index (χ4n) is 1.20. The molecule has 0 radical (unpaired) electrons. The van der Waals surface area contributed by atoms with Gasteiger partial charge in [0.1, 0.15) is 0 Å². The van der Waals surface area contributed by atoms with Gasteiger partial charge < -0.3 is 4.98 Å². The van der Waals surface area contributed by atoms with Gasteiger partial charge in [-0.1, -0.05) is 18.2 Å². The number of fused-ring (bicyclic) bond motifs is 1. The van der Waals surface area contributed by atoms with Crippen LogP contribution >= 0.6 is 11.6 Å². The van der Waals surface area contributed by atoms with E-state index in [2.05, 4.69) is 11.1 Å². The van der Waals surface area contributed by atoms with Crippen molar-refractivity contribution in [1.82, 2.24) is 4.98 Å². The zero-order chi connectivity index (χ0) is 11.1. The molecule has 0 amide bonds. The van der Waals surface area contributed by atoms with Crippen LogP contribution in [0.15, 0.2) is 24.3 Å². The molecule has 1 aromatic heterocycles. The van der Waals surface area contributed by atoms with E-state index in [1.54, 1.807) is 12.1 Å². The minimum Gasteiger partial charge on any atom is -0.340 e. The molecule has 0 fully saturated rings. The first-order chi connectivity index (χ1) is 6.98. The molecule has 0 bridgehead atoms. The Morgan fingerprint density at radius 3 is 2.56 bits per heavy atom. The Bertz CT molecular complexity index is 513. The molecule has 16 heavy (non-hydrogen) atoms. The molecule has 1 heterocycles. The molecule has 0 N–H and O–H groups in total. The van der Waals surface area contributed by atoms with Gasteiger partial charge in [0.15, 0.2) is 0 Å². The summed E-state index contributed by atoms with van der Waals surface area (Å²) < 4.78 is 36.9. The number of hydrogen-bond donors (Lipinski definition) is 0. The van der Waals surface area contributed by atoms with Crippen LogP contribution in [-0.4, -0.2) is 4.98 Å². The molecule has 1 nitrogen and oxygen atoms in total. The molecule has 78 valence electrons. The Hall–Kier alpha value is -0.693. The van der Waals surface area contributed by atoms with Crippen molar-refractivity contribution in [3.05, 3.63) is 41.0 Å². The number of halogens is 4.